The molecule has 0 atom stereocenters. The summed E-state index contributed by atoms with van der Waals surface area (Å²) in [6.07, 6.45) is 1.62. The first-order chi connectivity index (χ1) is 16.8. The van der Waals surface area contributed by atoms with Crippen molar-refractivity contribution in [3.8, 4) is 6.07 Å². The molecule has 1 aliphatic heterocycles. The van der Waals surface area contributed by atoms with Crippen molar-refractivity contribution in [3.05, 3.63) is 64.1 Å². The third-order valence-electron chi connectivity index (χ3n) is 6.16. The highest BCUT2D eigenvalue weighted by molar-refractivity contribution is 7.89. The Morgan fingerprint density at radius 3 is 2.51 bits per heavy atom. The average molecular weight is 495 g/mol. The summed E-state index contributed by atoms with van der Waals surface area (Å²) < 4.78 is 27.4. The molecule has 1 N–H and O–H groups in total. The summed E-state index contributed by atoms with van der Waals surface area (Å²) in [5, 5.41) is 9.73. The van der Waals surface area contributed by atoms with E-state index in [4.69, 9.17) is 0 Å². The van der Waals surface area contributed by atoms with E-state index < -0.39 is 15.6 Å². The lowest BCUT2D eigenvalue weighted by Gasteiger charge is -2.35. The van der Waals surface area contributed by atoms with E-state index in [1.807, 2.05) is 4.90 Å². The van der Waals surface area contributed by atoms with Gasteiger partial charge in [-0.2, -0.15) is 9.57 Å². The predicted molar refractivity (Wildman–Crippen MR) is 132 cm³/mol. The van der Waals surface area contributed by atoms with Gasteiger partial charge in [-0.15, -0.1) is 0 Å². The summed E-state index contributed by atoms with van der Waals surface area (Å²) in [6, 6.07) is 11.2. The molecule has 10 nitrogen and oxygen atoms in total. The van der Waals surface area contributed by atoms with Crippen LogP contribution in [0.25, 0.3) is 10.9 Å². The highest BCUT2D eigenvalue weighted by Gasteiger charge is 2.27. The van der Waals surface area contributed by atoms with Gasteiger partial charge in [0.2, 0.25) is 15.6 Å². The van der Waals surface area contributed by atoms with Gasteiger partial charge in [0.25, 0.3) is 5.91 Å². The second-order valence-electron chi connectivity index (χ2n) is 8.11. The van der Waals surface area contributed by atoms with Gasteiger partial charge in [-0.3, -0.25) is 9.59 Å². The number of nitrogens with zero attached hydrogens (tertiary/aromatic N) is 5. The number of fused-ring (bicyclic) bond motifs is 1. The van der Waals surface area contributed by atoms with Crippen molar-refractivity contribution < 1.29 is 13.2 Å². The number of anilines is 1. The molecule has 1 amide bonds. The van der Waals surface area contributed by atoms with Crippen molar-refractivity contribution in [1.82, 2.24) is 19.2 Å². The normalized spacial score (nSPS) is 14.3. The predicted octanol–water partition coefficient (Wildman–Crippen LogP) is 1.79. The number of piperazine rings is 1. The quantitative estimate of drug-likeness (QED) is 0.553. The van der Waals surface area contributed by atoms with Gasteiger partial charge in [0, 0.05) is 62.4 Å². The second-order valence-corrected chi connectivity index (χ2v) is 10.0. The van der Waals surface area contributed by atoms with Gasteiger partial charge < -0.3 is 14.8 Å². The van der Waals surface area contributed by atoms with Crippen molar-refractivity contribution in [3.63, 3.8) is 0 Å². The molecule has 2 aromatic heterocycles. The number of nitriles is 1. The number of hydrogen-bond acceptors (Lipinski definition) is 7. The number of hydrogen-bond donors (Lipinski definition) is 1. The zero-order valence-corrected chi connectivity index (χ0v) is 20.4. The number of aromatic nitrogens is 2. The number of nitrogens with one attached hydrogen (secondary N) is 1. The molecule has 1 aliphatic rings. The second kappa shape index (κ2) is 9.85. The molecule has 1 aromatic carbocycles. The fourth-order valence-corrected chi connectivity index (χ4v) is 5.80. The molecule has 0 spiro atoms. The summed E-state index contributed by atoms with van der Waals surface area (Å²) in [6.45, 7) is 5.85. The highest BCUT2D eigenvalue weighted by atomic mass is 32.2. The number of carbonyl (C=O) groups is 1. The zero-order valence-electron chi connectivity index (χ0n) is 19.6. The largest absolute Gasteiger partial charge is 0.352 e. The van der Waals surface area contributed by atoms with Crippen molar-refractivity contribution in [2.75, 3.05) is 44.2 Å². The number of amides is 1. The van der Waals surface area contributed by atoms with Gasteiger partial charge in [0.05, 0.1) is 16.0 Å². The van der Waals surface area contributed by atoms with Crippen LogP contribution in [0, 0.1) is 11.3 Å². The smallest absolute Gasteiger partial charge is 0.254 e. The van der Waals surface area contributed by atoms with E-state index in [1.54, 1.807) is 37.1 Å². The van der Waals surface area contributed by atoms with E-state index in [2.05, 4.69) is 16.0 Å². The number of sulfonamides is 1. The number of carbonyl (C=O) groups excluding carboxylic acids is 1. The molecule has 3 heterocycles. The summed E-state index contributed by atoms with van der Waals surface area (Å²) >= 11 is 0. The summed E-state index contributed by atoms with van der Waals surface area (Å²) in [4.78, 5) is 36.4. The van der Waals surface area contributed by atoms with Crippen molar-refractivity contribution in [2.24, 2.45) is 0 Å². The maximum Gasteiger partial charge on any atom is 0.254 e. The van der Waals surface area contributed by atoms with Gasteiger partial charge in [0.15, 0.2) is 0 Å². The number of benzene rings is 1. The van der Waals surface area contributed by atoms with E-state index in [-0.39, 0.29) is 16.4 Å². The van der Waals surface area contributed by atoms with Crippen molar-refractivity contribution >= 4 is 32.7 Å². The minimum atomic E-state index is -3.74. The lowest BCUT2D eigenvalue weighted by Crippen LogP contribution is -2.49. The monoisotopic (exact) mass is 494 g/mol. The van der Waals surface area contributed by atoms with Gasteiger partial charge in [-0.05, 0) is 30.3 Å². The third kappa shape index (κ3) is 4.62. The average Bonchev–Trinajstić information content (AvgIpc) is 2.88. The van der Waals surface area contributed by atoms with Gasteiger partial charge in [0.1, 0.15) is 11.9 Å². The highest BCUT2D eigenvalue weighted by Crippen LogP contribution is 2.25. The molecule has 0 unspecified atom stereocenters. The van der Waals surface area contributed by atoms with E-state index in [9.17, 15) is 23.3 Å². The van der Waals surface area contributed by atoms with Crippen LogP contribution in [0.15, 0.2) is 52.3 Å². The minimum Gasteiger partial charge on any atom is -0.352 e. The molecule has 4 rings (SSSR count). The lowest BCUT2D eigenvalue weighted by atomic mass is 10.1. The Morgan fingerprint density at radius 1 is 1.14 bits per heavy atom. The lowest BCUT2D eigenvalue weighted by molar-refractivity contribution is 0.0748. The van der Waals surface area contributed by atoms with Crippen LogP contribution in [-0.2, 0) is 10.0 Å². The molecule has 1 saturated heterocycles. The summed E-state index contributed by atoms with van der Waals surface area (Å²) in [7, 11) is -3.74. The minimum absolute atomic E-state index is 0.0683. The van der Waals surface area contributed by atoms with Crippen LogP contribution in [-0.4, -0.2) is 72.8 Å². The number of rotatable bonds is 6. The van der Waals surface area contributed by atoms with Crippen molar-refractivity contribution in [2.45, 2.75) is 18.7 Å². The van der Waals surface area contributed by atoms with Crippen LogP contribution in [0.4, 0.5) is 5.82 Å². The molecule has 0 aliphatic carbocycles. The van der Waals surface area contributed by atoms with Crippen molar-refractivity contribution in [1.29, 1.82) is 5.26 Å². The molecular weight excluding hydrogens is 468 g/mol. The van der Waals surface area contributed by atoms with E-state index in [0.717, 1.165) is 0 Å². The Morgan fingerprint density at radius 2 is 1.86 bits per heavy atom. The van der Waals surface area contributed by atoms with E-state index in [0.29, 0.717) is 61.6 Å². The first-order valence-corrected chi connectivity index (χ1v) is 12.8. The number of H-pyrrole nitrogens is 1. The van der Waals surface area contributed by atoms with Crippen LogP contribution >= 0.6 is 0 Å². The maximum atomic E-state index is 13.5. The van der Waals surface area contributed by atoms with Crippen LogP contribution in [0.1, 0.15) is 29.8 Å². The fourth-order valence-electron chi connectivity index (χ4n) is 4.31. The van der Waals surface area contributed by atoms with E-state index >= 15 is 0 Å². The molecule has 0 saturated carbocycles. The Hall–Kier alpha value is -3.75. The molecule has 182 valence electrons. The van der Waals surface area contributed by atoms with Gasteiger partial charge in [-0.1, -0.05) is 13.8 Å². The van der Waals surface area contributed by atoms with Gasteiger partial charge >= 0.3 is 0 Å². The Kier molecular flexibility index (Phi) is 6.86. The zero-order chi connectivity index (χ0) is 25.2. The van der Waals surface area contributed by atoms with Gasteiger partial charge in [-0.25, -0.2) is 13.4 Å². The maximum absolute atomic E-state index is 13.5. The molecule has 35 heavy (non-hydrogen) atoms. The SMILES string of the molecule is CCN(CC)S(=O)(=O)c1ccc2[nH]c(=O)cc(C(=O)N3CCN(c4ncccc4C#N)CC3)c2c1. The van der Waals surface area contributed by atoms with Crippen LogP contribution in [0.2, 0.25) is 0 Å². The Bertz CT molecular complexity index is 1470. The number of pyridine rings is 2. The number of aromatic amines is 1. The summed E-state index contributed by atoms with van der Waals surface area (Å²) in [5.41, 5.74) is 0.579. The Labute approximate surface area is 203 Å². The summed E-state index contributed by atoms with van der Waals surface area (Å²) in [5.74, 6) is 0.231. The molecular formula is C24H26N6O4S. The topological polar surface area (TPSA) is 130 Å². The first-order valence-electron chi connectivity index (χ1n) is 11.4. The molecule has 3 aromatic rings. The van der Waals surface area contributed by atoms with Crippen LogP contribution in [0.3, 0.4) is 0 Å². The Balaban J connectivity index is 1.65. The van der Waals surface area contributed by atoms with Crippen LogP contribution < -0.4 is 10.5 Å². The third-order valence-corrected chi connectivity index (χ3v) is 8.21. The molecule has 11 heteroatoms. The molecule has 0 radical (unpaired) electrons. The fraction of sp³-hybridized carbons (Fsp3) is 0.333. The molecule has 0 bridgehead atoms. The first kappa shape index (κ1) is 24.4. The van der Waals surface area contributed by atoms with E-state index in [1.165, 1.54) is 28.6 Å². The standard InChI is InChI=1S/C24H26N6O4S/c1-3-30(4-2)35(33,34)18-7-8-21-19(14-18)20(15-22(31)27-21)24(32)29-12-10-28(11-13-29)23-17(16-25)6-5-9-26-23/h5-9,14-15H,3-4,10-13H2,1-2H3,(H,27,31). The van der Waals surface area contributed by atoms with Crippen LogP contribution in [0.5, 0.6) is 0 Å². The molecule has 1 fully saturated rings.